The number of nitrogens with zero attached hydrogens (tertiary/aromatic N) is 4. The molecule has 8 heteroatoms. The van der Waals surface area contributed by atoms with Crippen LogP contribution in [0.25, 0.3) is 0 Å². The van der Waals surface area contributed by atoms with E-state index in [2.05, 4.69) is 10.2 Å². The van der Waals surface area contributed by atoms with Crippen molar-refractivity contribution in [1.29, 1.82) is 0 Å². The highest BCUT2D eigenvalue weighted by Gasteiger charge is 2.61. The molecule has 1 aromatic heterocycles. The Morgan fingerprint density at radius 1 is 1.24 bits per heavy atom. The zero-order valence-corrected chi connectivity index (χ0v) is 16.1. The molecule has 29 heavy (non-hydrogen) atoms. The summed E-state index contributed by atoms with van der Waals surface area (Å²) in [6.07, 6.45) is 6.47. The van der Waals surface area contributed by atoms with Gasteiger partial charge in [0.15, 0.2) is 0 Å². The third-order valence-electron chi connectivity index (χ3n) is 6.63. The van der Waals surface area contributed by atoms with E-state index in [1.54, 1.807) is 13.3 Å². The average Bonchev–Trinajstić information content (AvgIpc) is 3.42. The minimum absolute atomic E-state index is 0.0299. The first-order chi connectivity index (χ1) is 14.0. The lowest BCUT2D eigenvalue weighted by Gasteiger charge is -2.40. The number of benzene rings is 1. The van der Waals surface area contributed by atoms with E-state index < -0.39 is 23.1 Å². The first-order valence-corrected chi connectivity index (χ1v) is 9.87. The van der Waals surface area contributed by atoms with E-state index in [9.17, 15) is 13.6 Å². The third kappa shape index (κ3) is 3.01. The number of halogens is 2. The molecule has 0 saturated heterocycles. The van der Waals surface area contributed by atoms with Crippen molar-refractivity contribution in [1.82, 2.24) is 14.8 Å². The number of carbonyl (C=O) groups excluding carboxylic acids is 1. The highest BCUT2D eigenvalue weighted by atomic mass is 19.1. The lowest BCUT2D eigenvalue weighted by atomic mass is 9.68. The number of amides is 1. The molecule has 2 aromatic rings. The molecule has 3 saturated carbocycles. The molecule has 3 fully saturated rings. The molecule has 6 rings (SSSR count). The maximum atomic E-state index is 13.7. The number of carbonyl (C=O) groups is 1. The van der Waals surface area contributed by atoms with Gasteiger partial charge in [-0.2, -0.15) is 5.10 Å². The number of methoxy groups -OCH3 is 1. The number of hydrogen-bond acceptors (Lipinski definition) is 4. The molecule has 1 unspecified atom stereocenters. The molecule has 1 aliphatic heterocycles. The first kappa shape index (κ1) is 18.3. The van der Waals surface area contributed by atoms with Gasteiger partial charge in [-0.25, -0.2) is 13.8 Å². The van der Waals surface area contributed by atoms with Gasteiger partial charge < -0.3 is 4.74 Å². The van der Waals surface area contributed by atoms with Gasteiger partial charge >= 0.3 is 0 Å². The van der Waals surface area contributed by atoms with Crippen LogP contribution in [0.15, 0.2) is 35.6 Å². The molecule has 2 atom stereocenters. The van der Waals surface area contributed by atoms with Crippen molar-refractivity contribution in [2.45, 2.75) is 38.3 Å². The van der Waals surface area contributed by atoms with Crippen molar-refractivity contribution in [3.8, 4) is 5.88 Å². The van der Waals surface area contributed by atoms with Crippen LogP contribution < -0.4 is 4.74 Å². The average molecular weight is 400 g/mol. The van der Waals surface area contributed by atoms with E-state index in [4.69, 9.17) is 4.74 Å². The van der Waals surface area contributed by atoms with E-state index in [-0.39, 0.29) is 5.91 Å². The zero-order chi connectivity index (χ0) is 20.2. The van der Waals surface area contributed by atoms with Crippen molar-refractivity contribution in [3.63, 3.8) is 0 Å². The minimum Gasteiger partial charge on any atom is -0.480 e. The second-order valence-corrected chi connectivity index (χ2v) is 8.40. The van der Waals surface area contributed by atoms with Crippen molar-refractivity contribution in [3.05, 3.63) is 47.7 Å². The molecule has 2 heterocycles. The molecule has 152 valence electrons. The Bertz CT molecular complexity index is 963. The maximum absolute atomic E-state index is 13.7. The third-order valence-corrected chi connectivity index (χ3v) is 6.63. The van der Waals surface area contributed by atoms with Gasteiger partial charge in [-0.3, -0.25) is 9.48 Å². The summed E-state index contributed by atoms with van der Waals surface area (Å²) in [4.78, 5) is 13.4. The summed E-state index contributed by atoms with van der Waals surface area (Å²) in [6, 6.07) is 4.78. The van der Waals surface area contributed by atoms with E-state index in [1.165, 1.54) is 17.1 Å². The Labute approximate surface area is 167 Å². The summed E-state index contributed by atoms with van der Waals surface area (Å²) in [6.45, 7) is 0.755. The van der Waals surface area contributed by atoms with Crippen molar-refractivity contribution in [2.24, 2.45) is 22.4 Å². The summed E-state index contributed by atoms with van der Waals surface area (Å²) >= 11 is 0. The van der Waals surface area contributed by atoms with Crippen LogP contribution in [0.2, 0.25) is 0 Å². The second-order valence-electron chi connectivity index (χ2n) is 8.40. The van der Waals surface area contributed by atoms with Crippen molar-refractivity contribution in [2.75, 3.05) is 7.11 Å². The summed E-state index contributed by atoms with van der Waals surface area (Å²) in [5, 5.41) is 10.1. The molecule has 3 aliphatic carbocycles. The van der Waals surface area contributed by atoms with Gasteiger partial charge in [0.1, 0.15) is 11.6 Å². The predicted octanol–water partition coefficient (Wildman–Crippen LogP) is 3.55. The van der Waals surface area contributed by atoms with Gasteiger partial charge in [-0.15, -0.1) is 5.10 Å². The Morgan fingerprint density at radius 2 is 2.00 bits per heavy atom. The van der Waals surface area contributed by atoms with E-state index >= 15 is 0 Å². The van der Waals surface area contributed by atoms with Gasteiger partial charge in [0.2, 0.25) is 11.8 Å². The molecule has 1 amide bonds. The second kappa shape index (κ2) is 6.64. The van der Waals surface area contributed by atoms with Gasteiger partial charge in [0, 0.05) is 37.5 Å². The van der Waals surface area contributed by atoms with Crippen LogP contribution in [0, 0.1) is 28.9 Å². The fourth-order valence-electron chi connectivity index (χ4n) is 5.28. The molecule has 2 bridgehead atoms. The van der Waals surface area contributed by atoms with Crippen LogP contribution in [-0.2, 0) is 11.3 Å². The zero-order valence-electron chi connectivity index (χ0n) is 16.1. The van der Waals surface area contributed by atoms with Crippen LogP contribution in [-0.4, -0.2) is 34.0 Å². The first-order valence-electron chi connectivity index (χ1n) is 9.87. The van der Waals surface area contributed by atoms with Gasteiger partial charge in [0.25, 0.3) is 0 Å². The van der Waals surface area contributed by atoms with Crippen molar-refractivity contribution >= 4 is 12.1 Å². The molecule has 4 aliphatic rings. The number of aromatic nitrogens is 2. The lowest BCUT2D eigenvalue weighted by Crippen LogP contribution is -2.45. The topological polar surface area (TPSA) is 59.7 Å². The number of ether oxygens (including phenoxy) is 1. The normalized spacial score (nSPS) is 29.9. The maximum Gasteiger partial charge on any atom is 0.249 e. The van der Waals surface area contributed by atoms with E-state index in [1.807, 2.05) is 16.9 Å². The van der Waals surface area contributed by atoms with Crippen LogP contribution in [0.3, 0.4) is 0 Å². The minimum atomic E-state index is -0.642. The molecule has 0 N–H and O–H groups in total. The Kier molecular flexibility index (Phi) is 4.18. The Balaban J connectivity index is 1.31. The molecule has 6 nitrogen and oxygen atoms in total. The van der Waals surface area contributed by atoms with Crippen LogP contribution in [0.5, 0.6) is 5.88 Å². The Hall–Kier alpha value is -2.77. The highest BCUT2D eigenvalue weighted by molar-refractivity contribution is 5.86. The summed E-state index contributed by atoms with van der Waals surface area (Å²) in [5.41, 5.74) is 0.0251. The standard InChI is InChI=1S/C21H22F2N4O2/c1-29-19-3-5-26(25-19)12-15-11-21(9-14(15)10-21)20(28)27-18(2-4-24-27)13-6-16(22)8-17(23)7-13/h3-8,14-15,18H,2,9-12H2,1H3/t14?,15-,18?,21?/m0/s1. The highest BCUT2D eigenvalue weighted by Crippen LogP contribution is 2.63. The van der Waals surface area contributed by atoms with Gasteiger partial charge in [-0.1, -0.05) is 0 Å². The smallest absolute Gasteiger partial charge is 0.249 e. The molecule has 0 spiro atoms. The number of hydrogen-bond donors (Lipinski definition) is 0. The van der Waals surface area contributed by atoms with Crippen molar-refractivity contribution < 1.29 is 18.3 Å². The lowest BCUT2D eigenvalue weighted by molar-refractivity contribution is -0.148. The Morgan fingerprint density at radius 3 is 2.69 bits per heavy atom. The summed E-state index contributed by atoms with van der Waals surface area (Å²) in [7, 11) is 1.59. The van der Waals surface area contributed by atoms with Crippen LogP contribution in [0.4, 0.5) is 8.78 Å². The van der Waals surface area contributed by atoms with Crippen LogP contribution in [0.1, 0.15) is 37.3 Å². The molecular formula is C21H22F2N4O2. The SMILES string of the molecule is COc1ccn(C[C@@H]2CC3(C(=O)N4N=CCC4c4cc(F)cc(F)c4)CC2C3)n1. The number of rotatable bonds is 5. The molecular weight excluding hydrogens is 378 g/mol. The predicted molar refractivity (Wildman–Crippen MR) is 101 cm³/mol. The van der Waals surface area contributed by atoms with Gasteiger partial charge in [-0.05, 0) is 48.8 Å². The quantitative estimate of drug-likeness (QED) is 0.771. The van der Waals surface area contributed by atoms with Gasteiger partial charge in [0.05, 0.1) is 18.6 Å². The summed E-state index contributed by atoms with van der Waals surface area (Å²) in [5.74, 6) is 0.134. The fourth-order valence-corrected chi connectivity index (χ4v) is 5.28. The summed E-state index contributed by atoms with van der Waals surface area (Å²) < 4.78 is 34.4. The van der Waals surface area contributed by atoms with E-state index in [0.717, 1.165) is 31.9 Å². The van der Waals surface area contributed by atoms with Crippen LogP contribution >= 0.6 is 0 Å². The molecule has 0 radical (unpaired) electrons. The largest absolute Gasteiger partial charge is 0.480 e. The monoisotopic (exact) mass is 400 g/mol. The number of hydrazone groups is 1. The fraction of sp³-hybridized carbons (Fsp3) is 0.476. The number of fused-ring (bicyclic) bond motifs is 1. The van der Waals surface area contributed by atoms with E-state index in [0.29, 0.717) is 29.7 Å². The molecule has 1 aromatic carbocycles.